The zero-order chi connectivity index (χ0) is 19.2. The first-order valence-corrected chi connectivity index (χ1v) is 12.6. The van der Waals surface area contributed by atoms with Gasteiger partial charge < -0.3 is 4.15 Å². The van der Waals surface area contributed by atoms with Crippen molar-refractivity contribution in [3.8, 4) is 0 Å². The van der Waals surface area contributed by atoms with Crippen molar-refractivity contribution in [2.75, 3.05) is 13.1 Å². The van der Waals surface area contributed by atoms with Crippen molar-refractivity contribution in [1.82, 2.24) is 0 Å². The SMILES string of the molecule is CCCCCCCCCCCCC(C)(CC)CC(C)[N+]([SiH3])(CC)CC. The van der Waals surface area contributed by atoms with Gasteiger partial charge in [-0.25, -0.2) is 0 Å². The van der Waals surface area contributed by atoms with Gasteiger partial charge in [-0.2, -0.15) is 0 Å². The molecule has 0 saturated carbocycles. The van der Waals surface area contributed by atoms with E-state index in [0.29, 0.717) is 5.41 Å². The molecule has 1 nitrogen and oxygen atoms in total. The van der Waals surface area contributed by atoms with Gasteiger partial charge in [0.15, 0.2) is 0 Å². The van der Waals surface area contributed by atoms with Gasteiger partial charge in [0.2, 0.25) is 10.4 Å². The fraction of sp³-hybridized carbons (Fsp3) is 1.00. The fourth-order valence-electron chi connectivity index (χ4n) is 4.24. The van der Waals surface area contributed by atoms with Crippen LogP contribution in [0.25, 0.3) is 0 Å². The third-order valence-corrected chi connectivity index (χ3v) is 9.43. The summed E-state index contributed by atoms with van der Waals surface area (Å²) in [7, 11) is 1.29. The van der Waals surface area contributed by atoms with Crippen molar-refractivity contribution in [3.05, 3.63) is 0 Å². The zero-order valence-corrected chi connectivity index (χ0v) is 21.1. The van der Waals surface area contributed by atoms with E-state index in [1.165, 1.54) is 111 Å². The van der Waals surface area contributed by atoms with Gasteiger partial charge in [-0.3, -0.25) is 0 Å². The topological polar surface area (TPSA) is 0 Å². The van der Waals surface area contributed by atoms with Gasteiger partial charge in [-0.05, 0) is 32.6 Å². The Balaban J connectivity index is 3.96. The van der Waals surface area contributed by atoms with Crippen LogP contribution in [0.15, 0.2) is 0 Å². The van der Waals surface area contributed by atoms with Crippen molar-refractivity contribution in [2.24, 2.45) is 5.41 Å². The molecule has 2 heteroatoms. The van der Waals surface area contributed by atoms with Gasteiger partial charge >= 0.3 is 0 Å². The molecule has 0 aromatic rings. The van der Waals surface area contributed by atoms with Gasteiger partial charge in [0.25, 0.3) is 0 Å². The highest BCUT2D eigenvalue weighted by Crippen LogP contribution is 2.36. The summed E-state index contributed by atoms with van der Waals surface area (Å²) in [6, 6.07) is 0.842. The molecule has 0 saturated heterocycles. The van der Waals surface area contributed by atoms with Gasteiger partial charge in [0.05, 0.1) is 19.1 Å². The normalized spacial score (nSPS) is 16.1. The molecule has 0 fully saturated rings. The van der Waals surface area contributed by atoms with Gasteiger partial charge in [0, 0.05) is 6.42 Å². The Morgan fingerprint density at radius 1 is 0.760 bits per heavy atom. The minimum absolute atomic E-state index is 0.567. The van der Waals surface area contributed by atoms with E-state index in [-0.39, 0.29) is 0 Å². The van der Waals surface area contributed by atoms with E-state index in [1.54, 1.807) is 0 Å². The molecule has 0 aromatic carbocycles. The third kappa shape index (κ3) is 10.8. The molecule has 0 aliphatic heterocycles. The quantitative estimate of drug-likeness (QED) is 0.199. The molecule has 0 heterocycles. The summed E-state index contributed by atoms with van der Waals surface area (Å²) < 4.78 is 1.37. The second-order valence-electron chi connectivity index (χ2n) is 9.26. The van der Waals surface area contributed by atoms with Gasteiger partial charge in [-0.15, -0.1) is 0 Å². The van der Waals surface area contributed by atoms with Crippen LogP contribution in [-0.2, 0) is 0 Å². The van der Waals surface area contributed by atoms with Gasteiger partial charge in [-0.1, -0.05) is 91.4 Å². The van der Waals surface area contributed by atoms with Crippen LogP contribution in [0.4, 0.5) is 0 Å². The van der Waals surface area contributed by atoms with Crippen molar-refractivity contribution >= 4 is 10.4 Å². The predicted molar refractivity (Wildman–Crippen MR) is 120 cm³/mol. The van der Waals surface area contributed by atoms with Crippen molar-refractivity contribution < 1.29 is 4.15 Å². The van der Waals surface area contributed by atoms with Crippen molar-refractivity contribution in [3.63, 3.8) is 0 Å². The Kier molecular flexibility index (Phi) is 14.4. The van der Waals surface area contributed by atoms with Crippen molar-refractivity contribution in [1.29, 1.82) is 0 Å². The monoisotopic (exact) mass is 370 g/mol. The number of hydrogen-bond donors (Lipinski definition) is 0. The highest BCUT2D eigenvalue weighted by Gasteiger charge is 2.32. The molecule has 0 radical (unpaired) electrons. The van der Waals surface area contributed by atoms with E-state index in [0.717, 1.165) is 6.04 Å². The summed E-state index contributed by atoms with van der Waals surface area (Å²) in [5, 5.41) is 0. The maximum Gasteiger partial charge on any atom is 0.239 e. The third-order valence-electron chi connectivity index (χ3n) is 7.28. The van der Waals surface area contributed by atoms with Crippen LogP contribution in [0, 0.1) is 5.41 Å². The molecular weight excluding hydrogens is 318 g/mol. The molecule has 0 N–H and O–H groups in total. The van der Waals surface area contributed by atoms with Crippen LogP contribution < -0.4 is 0 Å². The maximum atomic E-state index is 2.56. The Bertz CT molecular complexity index is 300. The molecule has 2 unspecified atom stereocenters. The second kappa shape index (κ2) is 14.3. The van der Waals surface area contributed by atoms with E-state index < -0.39 is 0 Å². The number of unbranched alkanes of at least 4 members (excludes halogenated alkanes) is 9. The lowest BCUT2D eigenvalue weighted by atomic mass is 9.76. The van der Waals surface area contributed by atoms with E-state index in [4.69, 9.17) is 0 Å². The molecule has 0 spiro atoms. The fourth-order valence-corrected chi connectivity index (χ4v) is 4.43. The summed E-state index contributed by atoms with van der Waals surface area (Å²) in [5.41, 5.74) is 0.567. The lowest BCUT2D eigenvalue weighted by molar-refractivity contribution is -0.839. The summed E-state index contributed by atoms with van der Waals surface area (Å²) in [6.45, 7) is 17.2. The number of nitrogens with zero attached hydrogens (tertiary/aromatic N) is 1. The first-order chi connectivity index (χ1) is 11.9. The lowest BCUT2D eigenvalue weighted by Gasteiger charge is -2.44. The molecule has 0 aliphatic carbocycles. The first kappa shape index (κ1) is 25.2. The highest BCUT2D eigenvalue weighted by molar-refractivity contribution is 5.97. The van der Waals surface area contributed by atoms with E-state index in [2.05, 4.69) is 41.5 Å². The summed E-state index contributed by atoms with van der Waals surface area (Å²) >= 11 is 0. The van der Waals surface area contributed by atoms with Crippen LogP contribution in [-0.4, -0.2) is 33.7 Å². The molecule has 2 atom stereocenters. The summed E-state index contributed by atoms with van der Waals surface area (Å²) in [5.74, 6) is 0. The Labute approximate surface area is 164 Å². The summed E-state index contributed by atoms with van der Waals surface area (Å²) in [6.07, 6.45) is 18.7. The summed E-state index contributed by atoms with van der Waals surface area (Å²) in [4.78, 5) is 0. The maximum absolute atomic E-state index is 2.56. The standard InChI is InChI=1S/C23H52NSi/c1-7-11-12-13-14-15-16-17-18-19-20-23(6,8-2)21-22(5)24(25,9-3)10-4/h22H,7-21H2,1-6,25H3/q+1. The molecule has 0 aliphatic rings. The van der Waals surface area contributed by atoms with Gasteiger partial charge in [0.1, 0.15) is 0 Å². The predicted octanol–water partition coefficient (Wildman–Crippen LogP) is 6.63. The number of rotatable bonds is 17. The number of hydrogen-bond acceptors (Lipinski definition) is 0. The van der Waals surface area contributed by atoms with E-state index in [9.17, 15) is 0 Å². The molecule has 0 aromatic heterocycles. The first-order valence-electron chi connectivity index (χ1n) is 11.7. The minimum atomic E-state index is 0.567. The largest absolute Gasteiger partial charge is 0.389 e. The minimum Gasteiger partial charge on any atom is -0.389 e. The Morgan fingerprint density at radius 2 is 1.20 bits per heavy atom. The second-order valence-corrected chi connectivity index (χ2v) is 11.0. The van der Waals surface area contributed by atoms with Crippen LogP contribution in [0.5, 0.6) is 0 Å². The van der Waals surface area contributed by atoms with Crippen LogP contribution in [0.1, 0.15) is 125 Å². The van der Waals surface area contributed by atoms with E-state index >= 15 is 0 Å². The van der Waals surface area contributed by atoms with E-state index in [1.807, 2.05) is 0 Å². The molecule has 0 amide bonds. The Morgan fingerprint density at radius 3 is 1.60 bits per heavy atom. The average Bonchev–Trinajstić information content (AvgIpc) is 2.62. The molecule has 0 bridgehead atoms. The molecule has 152 valence electrons. The highest BCUT2D eigenvalue weighted by atomic mass is 28.2. The molecule has 25 heavy (non-hydrogen) atoms. The van der Waals surface area contributed by atoms with Crippen LogP contribution >= 0.6 is 0 Å². The molecule has 0 rings (SSSR count). The molecular formula is C23H52NSi+. The number of quaternary nitrogens is 1. The van der Waals surface area contributed by atoms with Crippen molar-refractivity contribution in [2.45, 2.75) is 131 Å². The van der Waals surface area contributed by atoms with Crippen LogP contribution in [0.2, 0.25) is 0 Å². The van der Waals surface area contributed by atoms with Crippen LogP contribution in [0.3, 0.4) is 0 Å². The average molecular weight is 371 g/mol. The lowest BCUT2D eigenvalue weighted by Crippen LogP contribution is -2.53. The zero-order valence-electron chi connectivity index (χ0n) is 19.1. The smallest absolute Gasteiger partial charge is 0.239 e. The Hall–Kier alpha value is 0.177.